The fraction of sp³-hybridized carbons (Fsp3) is 0. The van der Waals surface area contributed by atoms with E-state index in [2.05, 4.69) is 10.2 Å². The van der Waals surface area contributed by atoms with Crippen LogP contribution >= 0.6 is 0 Å². The van der Waals surface area contributed by atoms with Crippen LogP contribution in [0.25, 0.3) is 21.5 Å². The largest absolute Gasteiger partial charge is 0.507 e. The van der Waals surface area contributed by atoms with Gasteiger partial charge in [-0.15, -0.1) is 10.2 Å². The summed E-state index contributed by atoms with van der Waals surface area (Å²) in [6, 6.07) is 10.1. The van der Waals surface area contributed by atoms with Crippen LogP contribution in [0.3, 0.4) is 0 Å². The van der Waals surface area contributed by atoms with E-state index in [-0.39, 0.29) is 111 Å². The minimum atomic E-state index is -5.10. The standard InChI is InChI=1S/C20H14N2O11S3.3Na/c23-15-9-11(34(25,26)27)7-10-8-17(36(31,32)33)19(20(24)18(10)15)22-21-14-5-6-16(35(28,29)30)13-4-2-1-3-12(13)14;;;/h1-9,23-24H,(H,25,26,27)(H,28,29,30)(H,31,32,33);;;. The smallest absolute Gasteiger partial charge is 0.296 e. The van der Waals surface area contributed by atoms with Gasteiger partial charge in [-0.3, -0.25) is 13.7 Å². The van der Waals surface area contributed by atoms with Crippen LogP contribution in [0.5, 0.6) is 11.5 Å². The molecule has 3 radical (unpaired) electrons. The summed E-state index contributed by atoms with van der Waals surface area (Å²) in [5.74, 6) is -1.86. The number of hydrogen-bond acceptors (Lipinski definition) is 10. The number of rotatable bonds is 5. The molecule has 13 nitrogen and oxygen atoms in total. The number of fused-ring (bicyclic) bond motifs is 2. The van der Waals surface area contributed by atoms with E-state index < -0.39 is 67.6 Å². The van der Waals surface area contributed by atoms with E-state index in [1.807, 2.05) is 0 Å². The molecule has 0 aliphatic rings. The topological polar surface area (TPSA) is 228 Å². The van der Waals surface area contributed by atoms with E-state index in [9.17, 15) is 49.1 Å². The van der Waals surface area contributed by atoms with Gasteiger partial charge in [-0.2, -0.15) is 25.3 Å². The molecule has 4 rings (SSSR count). The van der Waals surface area contributed by atoms with Crippen LogP contribution in [0.4, 0.5) is 11.4 Å². The molecule has 0 bridgehead atoms. The third-order valence-corrected chi connectivity index (χ3v) is 7.69. The van der Waals surface area contributed by atoms with Gasteiger partial charge in [-0.05, 0) is 29.7 Å². The number of azo groups is 1. The predicted molar refractivity (Wildman–Crippen MR) is 142 cm³/mol. The summed E-state index contributed by atoms with van der Waals surface area (Å²) in [5.41, 5.74) is -0.854. The number of benzene rings is 4. The molecular formula is C20H14N2Na3O11S3. The molecular weight excluding hydrogens is 609 g/mol. The molecule has 0 aromatic heterocycles. The van der Waals surface area contributed by atoms with Crippen LogP contribution in [-0.4, -0.2) is 138 Å². The van der Waals surface area contributed by atoms with Crippen molar-refractivity contribution in [1.82, 2.24) is 0 Å². The number of hydrogen-bond donors (Lipinski definition) is 5. The van der Waals surface area contributed by atoms with Gasteiger partial charge in [0, 0.05) is 106 Å². The molecule has 0 aliphatic heterocycles. The third-order valence-electron chi connectivity index (χ3n) is 5.08. The maximum atomic E-state index is 12.0. The SMILES string of the molecule is O=S(=O)(O)c1cc(O)c2c(O)c(N=Nc3ccc(S(=O)(=O)O)c4ccccc34)c(S(=O)(=O)O)cc2c1.[Na].[Na].[Na]. The Morgan fingerprint density at radius 1 is 0.615 bits per heavy atom. The molecule has 0 fully saturated rings. The zero-order valence-corrected chi connectivity index (χ0v) is 29.0. The van der Waals surface area contributed by atoms with Crippen molar-refractivity contribution in [3.8, 4) is 11.5 Å². The van der Waals surface area contributed by atoms with Crippen LogP contribution in [0.1, 0.15) is 0 Å². The Hall–Kier alpha value is -0.670. The first-order valence-electron chi connectivity index (χ1n) is 9.47. The van der Waals surface area contributed by atoms with Crippen LogP contribution in [0.2, 0.25) is 0 Å². The fourth-order valence-corrected chi connectivity index (χ4v) is 5.44. The number of phenolic OH excluding ortho intramolecular Hbond substituents is 2. The second-order valence-electron chi connectivity index (χ2n) is 7.37. The van der Waals surface area contributed by atoms with Crippen molar-refractivity contribution < 1.29 is 49.1 Å². The van der Waals surface area contributed by atoms with Crippen molar-refractivity contribution in [3.05, 3.63) is 54.6 Å². The molecule has 0 unspecified atom stereocenters. The molecule has 0 saturated carbocycles. The number of nitrogens with zero attached hydrogens (tertiary/aromatic N) is 2. The first-order chi connectivity index (χ1) is 16.6. The molecule has 0 saturated heterocycles. The van der Waals surface area contributed by atoms with Gasteiger partial charge in [0.15, 0.2) is 5.75 Å². The molecule has 0 amide bonds. The first-order valence-corrected chi connectivity index (χ1v) is 13.8. The number of phenols is 2. The minimum absolute atomic E-state index is 0. The zero-order valence-electron chi connectivity index (χ0n) is 20.5. The Balaban J connectivity index is 0.00000253. The maximum absolute atomic E-state index is 12.0. The van der Waals surface area contributed by atoms with Gasteiger partial charge in [0.05, 0.1) is 16.0 Å². The van der Waals surface area contributed by atoms with Crippen LogP contribution < -0.4 is 0 Å². The Bertz CT molecular complexity index is 1950. The summed E-state index contributed by atoms with van der Waals surface area (Å²) in [6.45, 7) is 0. The molecule has 0 atom stereocenters. The normalized spacial score (nSPS) is 12.1. The summed E-state index contributed by atoms with van der Waals surface area (Å²) in [4.78, 5) is -2.25. The molecule has 39 heavy (non-hydrogen) atoms. The summed E-state index contributed by atoms with van der Waals surface area (Å²) < 4.78 is 98.6. The Kier molecular flexibility index (Phi) is 12.2. The average molecular weight is 624 g/mol. The van der Waals surface area contributed by atoms with E-state index >= 15 is 0 Å². The van der Waals surface area contributed by atoms with Crippen LogP contribution in [0, 0.1) is 0 Å². The van der Waals surface area contributed by atoms with Crippen molar-refractivity contribution in [1.29, 1.82) is 0 Å². The molecule has 0 heterocycles. The third kappa shape index (κ3) is 7.59. The molecule has 191 valence electrons. The molecule has 0 spiro atoms. The van der Waals surface area contributed by atoms with Gasteiger partial charge in [0.2, 0.25) is 0 Å². The first kappa shape index (κ1) is 36.4. The van der Waals surface area contributed by atoms with E-state index in [1.54, 1.807) is 0 Å². The quantitative estimate of drug-likeness (QED) is 0.123. The molecule has 19 heteroatoms. The van der Waals surface area contributed by atoms with Crippen molar-refractivity contribution in [3.63, 3.8) is 0 Å². The van der Waals surface area contributed by atoms with Crippen molar-refractivity contribution in [2.75, 3.05) is 0 Å². The fourth-order valence-electron chi connectivity index (χ4n) is 3.55. The van der Waals surface area contributed by atoms with Crippen molar-refractivity contribution >= 4 is 152 Å². The number of aromatic hydroxyl groups is 2. The van der Waals surface area contributed by atoms with E-state index in [4.69, 9.17) is 0 Å². The maximum Gasteiger partial charge on any atom is 0.296 e. The van der Waals surface area contributed by atoms with Gasteiger partial charge in [-0.1, -0.05) is 24.3 Å². The monoisotopic (exact) mass is 623 g/mol. The Morgan fingerprint density at radius 2 is 1.18 bits per heavy atom. The van der Waals surface area contributed by atoms with E-state index in [1.165, 1.54) is 24.3 Å². The Labute approximate surface area is 288 Å². The van der Waals surface area contributed by atoms with Gasteiger partial charge in [-0.25, -0.2) is 0 Å². The van der Waals surface area contributed by atoms with Crippen LogP contribution in [0.15, 0.2) is 79.5 Å². The summed E-state index contributed by atoms with van der Waals surface area (Å²) in [5, 5.41) is 27.9. The molecule has 4 aromatic carbocycles. The van der Waals surface area contributed by atoms with E-state index in [0.29, 0.717) is 12.1 Å². The average Bonchev–Trinajstić information content (AvgIpc) is 2.75. The van der Waals surface area contributed by atoms with Crippen molar-refractivity contribution in [2.45, 2.75) is 14.7 Å². The summed E-state index contributed by atoms with van der Waals surface area (Å²) in [7, 11) is -14.5. The zero-order chi connectivity index (χ0) is 26.6. The van der Waals surface area contributed by atoms with Gasteiger partial charge in [0.1, 0.15) is 21.2 Å². The second-order valence-corrected chi connectivity index (χ2v) is 11.6. The second kappa shape index (κ2) is 13.1. The van der Waals surface area contributed by atoms with E-state index in [0.717, 1.165) is 18.2 Å². The minimum Gasteiger partial charge on any atom is -0.507 e. The summed E-state index contributed by atoms with van der Waals surface area (Å²) >= 11 is 0. The molecule has 4 aromatic rings. The van der Waals surface area contributed by atoms with Crippen LogP contribution in [-0.2, 0) is 30.4 Å². The summed E-state index contributed by atoms with van der Waals surface area (Å²) in [6.07, 6.45) is 0. The van der Waals surface area contributed by atoms with Crippen molar-refractivity contribution in [2.24, 2.45) is 10.2 Å². The Morgan fingerprint density at radius 3 is 1.72 bits per heavy atom. The van der Waals surface area contributed by atoms with Gasteiger partial charge >= 0.3 is 0 Å². The molecule has 0 aliphatic carbocycles. The molecule has 5 N–H and O–H groups in total. The predicted octanol–water partition coefficient (Wildman–Crippen LogP) is 2.42. The van der Waals surface area contributed by atoms with Gasteiger partial charge in [0.25, 0.3) is 30.4 Å². The van der Waals surface area contributed by atoms with Gasteiger partial charge < -0.3 is 10.2 Å².